The van der Waals surface area contributed by atoms with Gasteiger partial charge in [0, 0.05) is 20.5 Å². The van der Waals surface area contributed by atoms with Crippen LogP contribution in [-0.4, -0.2) is 24.4 Å². The highest BCUT2D eigenvalue weighted by atomic mass is 19.1. The second-order valence-corrected chi connectivity index (χ2v) is 3.32. The molecule has 0 aliphatic heterocycles. The number of likely N-dealkylation sites (N-methyl/N-ethyl adjacent to an activating group) is 1. The van der Waals surface area contributed by atoms with Crippen molar-refractivity contribution in [1.82, 2.24) is 4.90 Å². The minimum atomic E-state index is -0.228. The number of amides is 1. The van der Waals surface area contributed by atoms with Gasteiger partial charge >= 0.3 is 0 Å². The second-order valence-electron chi connectivity index (χ2n) is 3.32. The Hall–Kier alpha value is -1.38. The monoisotopic (exact) mass is 195 g/mol. The van der Waals surface area contributed by atoms with Gasteiger partial charge in [-0.2, -0.15) is 0 Å². The summed E-state index contributed by atoms with van der Waals surface area (Å²) in [5.74, 6) is -0.180. The zero-order valence-corrected chi connectivity index (χ0v) is 8.46. The van der Waals surface area contributed by atoms with Crippen LogP contribution in [0.1, 0.15) is 12.5 Å². The predicted octanol–water partition coefficient (Wildman–Crippen LogP) is 1.85. The summed E-state index contributed by atoms with van der Waals surface area (Å²) < 4.78 is 12.5. The molecular formula is C11H14FNO. The highest BCUT2D eigenvalue weighted by Gasteiger charge is 2.01. The molecule has 0 bridgehead atoms. The lowest BCUT2D eigenvalue weighted by atomic mass is 10.1. The van der Waals surface area contributed by atoms with E-state index >= 15 is 0 Å². The summed E-state index contributed by atoms with van der Waals surface area (Å²) >= 11 is 0. The molecule has 0 atom stereocenters. The maximum atomic E-state index is 12.5. The van der Waals surface area contributed by atoms with Crippen LogP contribution in [0.25, 0.3) is 0 Å². The predicted molar refractivity (Wildman–Crippen MR) is 53.4 cm³/mol. The third-order valence-corrected chi connectivity index (χ3v) is 2.19. The van der Waals surface area contributed by atoms with Crippen molar-refractivity contribution in [2.45, 2.75) is 13.3 Å². The molecule has 1 rings (SSSR count). The molecule has 0 N–H and O–H groups in total. The summed E-state index contributed by atoms with van der Waals surface area (Å²) in [4.78, 5) is 12.5. The zero-order valence-electron chi connectivity index (χ0n) is 8.46. The van der Waals surface area contributed by atoms with Crippen LogP contribution in [0.4, 0.5) is 4.39 Å². The van der Waals surface area contributed by atoms with Crippen LogP contribution in [0.2, 0.25) is 0 Å². The van der Waals surface area contributed by atoms with Gasteiger partial charge in [-0.3, -0.25) is 4.79 Å². The molecule has 0 heterocycles. The molecule has 1 aromatic carbocycles. The van der Waals surface area contributed by atoms with Gasteiger partial charge in [-0.25, -0.2) is 4.39 Å². The Morgan fingerprint density at radius 1 is 1.36 bits per heavy atom. The number of carbonyl (C=O) groups excluding carboxylic acids is 1. The van der Waals surface area contributed by atoms with E-state index in [2.05, 4.69) is 0 Å². The van der Waals surface area contributed by atoms with Crippen molar-refractivity contribution in [2.24, 2.45) is 0 Å². The molecule has 1 amide bonds. The van der Waals surface area contributed by atoms with Crippen LogP contribution >= 0.6 is 0 Å². The highest BCUT2D eigenvalue weighted by Crippen LogP contribution is 2.03. The van der Waals surface area contributed by atoms with E-state index in [0.717, 1.165) is 12.0 Å². The molecule has 0 radical (unpaired) electrons. The number of rotatable bonds is 3. The number of hydrogen-bond acceptors (Lipinski definition) is 1. The van der Waals surface area contributed by atoms with Gasteiger partial charge < -0.3 is 4.90 Å². The lowest BCUT2D eigenvalue weighted by Gasteiger charge is -2.14. The Balaban J connectivity index is 2.46. The lowest BCUT2D eigenvalue weighted by Crippen LogP contribution is -2.26. The number of carbonyl (C=O) groups is 1. The number of nitrogens with zero attached hydrogens (tertiary/aromatic N) is 1. The summed E-state index contributed by atoms with van der Waals surface area (Å²) in [7, 11) is 1.76. The topological polar surface area (TPSA) is 20.3 Å². The summed E-state index contributed by atoms with van der Waals surface area (Å²) in [6.07, 6.45) is 0.760. The minimum Gasteiger partial charge on any atom is -0.346 e. The van der Waals surface area contributed by atoms with Gasteiger partial charge in [0.25, 0.3) is 0 Å². The average Bonchev–Trinajstić information content (AvgIpc) is 2.16. The highest BCUT2D eigenvalue weighted by molar-refractivity contribution is 5.72. The zero-order chi connectivity index (χ0) is 10.6. The molecule has 0 spiro atoms. The standard InChI is InChI=1S/C11H14FNO/c1-9(14)13(2)8-7-10-3-5-11(12)6-4-10/h3-6H,7-8H2,1-2H3. The van der Waals surface area contributed by atoms with Crippen LogP contribution in [-0.2, 0) is 11.2 Å². The van der Waals surface area contributed by atoms with Crippen LogP contribution in [0, 0.1) is 5.82 Å². The van der Waals surface area contributed by atoms with Gasteiger partial charge in [0.2, 0.25) is 5.91 Å². The third-order valence-electron chi connectivity index (χ3n) is 2.19. The second kappa shape index (κ2) is 4.74. The van der Waals surface area contributed by atoms with Crippen LogP contribution in [0.3, 0.4) is 0 Å². The van der Waals surface area contributed by atoms with Crippen molar-refractivity contribution < 1.29 is 9.18 Å². The Morgan fingerprint density at radius 3 is 2.43 bits per heavy atom. The Kier molecular flexibility index (Phi) is 3.63. The molecule has 0 saturated heterocycles. The third kappa shape index (κ3) is 3.17. The fourth-order valence-electron chi connectivity index (χ4n) is 1.11. The maximum Gasteiger partial charge on any atom is 0.219 e. The average molecular weight is 195 g/mol. The van der Waals surface area contributed by atoms with Crippen molar-refractivity contribution in [3.63, 3.8) is 0 Å². The smallest absolute Gasteiger partial charge is 0.219 e. The largest absolute Gasteiger partial charge is 0.346 e. The molecule has 0 saturated carbocycles. The fourth-order valence-corrected chi connectivity index (χ4v) is 1.11. The van der Waals surface area contributed by atoms with E-state index in [4.69, 9.17) is 0 Å². The Labute approximate surface area is 83.3 Å². The first-order valence-corrected chi connectivity index (χ1v) is 4.56. The molecule has 3 heteroatoms. The molecule has 2 nitrogen and oxygen atoms in total. The molecule has 76 valence electrons. The molecule has 0 unspecified atom stereocenters. The first-order chi connectivity index (χ1) is 6.59. The Bertz CT molecular complexity index is 308. The van der Waals surface area contributed by atoms with E-state index in [9.17, 15) is 9.18 Å². The quantitative estimate of drug-likeness (QED) is 0.720. The van der Waals surface area contributed by atoms with E-state index in [1.807, 2.05) is 0 Å². The molecule has 0 aromatic heterocycles. The summed E-state index contributed by atoms with van der Waals surface area (Å²) in [5, 5.41) is 0. The minimum absolute atomic E-state index is 0.0483. The molecule has 0 aliphatic rings. The molecule has 1 aromatic rings. The Morgan fingerprint density at radius 2 is 1.93 bits per heavy atom. The molecule has 0 fully saturated rings. The first-order valence-electron chi connectivity index (χ1n) is 4.56. The first kappa shape index (κ1) is 10.7. The van der Waals surface area contributed by atoms with Crippen molar-refractivity contribution >= 4 is 5.91 Å². The van der Waals surface area contributed by atoms with Crippen molar-refractivity contribution in [1.29, 1.82) is 0 Å². The lowest BCUT2D eigenvalue weighted by molar-refractivity contribution is -0.127. The van der Waals surface area contributed by atoms with Crippen LogP contribution in [0.15, 0.2) is 24.3 Å². The number of halogens is 1. The van der Waals surface area contributed by atoms with Crippen molar-refractivity contribution in [2.75, 3.05) is 13.6 Å². The number of benzene rings is 1. The van der Waals surface area contributed by atoms with E-state index in [1.54, 1.807) is 24.1 Å². The van der Waals surface area contributed by atoms with E-state index in [-0.39, 0.29) is 11.7 Å². The van der Waals surface area contributed by atoms with Crippen LogP contribution in [0.5, 0.6) is 0 Å². The molecule has 0 aliphatic carbocycles. The maximum absolute atomic E-state index is 12.5. The van der Waals surface area contributed by atoms with Gasteiger partial charge in [-0.05, 0) is 24.1 Å². The summed E-state index contributed by atoms with van der Waals surface area (Å²) in [6.45, 7) is 2.20. The van der Waals surface area contributed by atoms with Crippen molar-refractivity contribution in [3.8, 4) is 0 Å². The van der Waals surface area contributed by atoms with Crippen molar-refractivity contribution in [3.05, 3.63) is 35.6 Å². The van der Waals surface area contributed by atoms with Crippen LogP contribution < -0.4 is 0 Å². The molecule has 14 heavy (non-hydrogen) atoms. The van der Waals surface area contributed by atoms with Gasteiger partial charge in [0.1, 0.15) is 5.82 Å². The summed E-state index contributed by atoms with van der Waals surface area (Å²) in [5.41, 5.74) is 1.04. The van der Waals surface area contributed by atoms with Gasteiger partial charge in [-0.15, -0.1) is 0 Å². The van der Waals surface area contributed by atoms with Gasteiger partial charge in [-0.1, -0.05) is 12.1 Å². The van der Waals surface area contributed by atoms with E-state index in [1.165, 1.54) is 19.1 Å². The number of hydrogen-bond donors (Lipinski definition) is 0. The molecular weight excluding hydrogens is 181 g/mol. The van der Waals surface area contributed by atoms with E-state index < -0.39 is 0 Å². The summed E-state index contributed by atoms with van der Waals surface area (Å²) in [6, 6.07) is 6.35. The van der Waals surface area contributed by atoms with Gasteiger partial charge in [0.05, 0.1) is 0 Å². The van der Waals surface area contributed by atoms with E-state index in [0.29, 0.717) is 6.54 Å². The van der Waals surface area contributed by atoms with Gasteiger partial charge in [0.15, 0.2) is 0 Å². The normalized spacial score (nSPS) is 9.93. The fraction of sp³-hybridized carbons (Fsp3) is 0.364. The SMILES string of the molecule is CC(=O)N(C)CCc1ccc(F)cc1.